The van der Waals surface area contributed by atoms with E-state index < -0.39 is 0 Å². The second kappa shape index (κ2) is 8.25. The SMILES string of the molecule is COc1ccc(CNCCCN2CCN(C)CC2)cc1. The molecule has 1 aliphatic heterocycles. The number of nitrogens with one attached hydrogen (secondary N) is 1. The minimum atomic E-state index is 0.920. The van der Waals surface area contributed by atoms with Crippen LogP contribution in [0.25, 0.3) is 0 Å². The molecule has 0 aromatic heterocycles. The molecule has 1 aromatic carbocycles. The molecule has 4 nitrogen and oxygen atoms in total. The van der Waals surface area contributed by atoms with E-state index in [2.05, 4.69) is 34.3 Å². The van der Waals surface area contributed by atoms with Crippen LogP contribution in [-0.4, -0.2) is 63.2 Å². The molecule has 0 radical (unpaired) electrons. The number of hydrogen-bond acceptors (Lipinski definition) is 4. The predicted molar refractivity (Wildman–Crippen MR) is 83.3 cm³/mol. The van der Waals surface area contributed by atoms with E-state index in [1.807, 2.05) is 12.1 Å². The van der Waals surface area contributed by atoms with Gasteiger partial charge in [0.1, 0.15) is 5.75 Å². The van der Waals surface area contributed by atoms with Crippen molar-refractivity contribution < 1.29 is 4.74 Å². The number of likely N-dealkylation sites (N-methyl/N-ethyl adjacent to an activating group) is 1. The van der Waals surface area contributed by atoms with Gasteiger partial charge in [-0.25, -0.2) is 0 Å². The predicted octanol–water partition coefficient (Wildman–Crippen LogP) is 1.42. The van der Waals surface area contributed by atoms with Gasteiger partial charge in [0.15, 0.2) is 0 Å². The Bertz CT molecular complexity index is 372. The average molecular weight is 277 g/mol. The van der Waals surface area contributed by atoms with Crippen molar-refractivity contribution in [2.24, 2.45) is 0 Å². The first-order valence-electron chi connectivity index (χ1n) is 7.52. The zero-order chi connectivity index (χ0) is 14.2. The van der Waals surface area contributed by atoms with Crippen LogP contribution in [0.4, 0.5) is 0 Å². The molecule has 1 saturated heterocycles. The fourth-order valence-corrected chi connectivity index (χ4v) is 2.48. The van der Waals surface area contributed by atoms with Crippen molar-refractivity contribution in [3.05, 3.63) is 29.8 Å². The van der Waals surface area contributed by atoms with Gasteiger partial charge in [-0.1, -0.05) is 12.1 Å². The van der Waals surface area contributed by atoms with Gasteiger partial charge in [-0.3, -0.25) is 0 Å². The first kappa shape index (κ1) is 15.3. The Morgan fingerprint density at radius 3 is 2.45 bits per heavy atom. The third-order valence-corrected chi connectivity index (χ3v) is 3.91. The summed E-state index contributed by atoms with van der Waals surface area (Å²) in [6.45, 7) is 8.08. The van der Waals surface area contributed by atoms with Crippen LogP contribution in [0.2, 0.25) is 0 Å². The Morgan fingerprint density at radius 2 is 1.80 bits per heavy atom. The molecule has 1 N–H and O–H groups in total. The molecule has 20 heavy (non-hydrogen) atoms. The molecule has 112 valence electrons. The molecule has 0 amide bonds. The van der Waals surface area contributed by atoms with Gasteiger partial charge >= 0.3 is 0 Å². The van der Waals surface area contributed by atoms with E-state index in [-0.39, 0.29) is 0 Å². The van der Waals surface area contributed by atoms with E-state index in [0.29, 0.717) is 0 Å². The van der Waals surface area contributed by atoms with E-state index in [4.69, 9.17) is 4.74 Å². The minimum absolute atomic E-state index is 0.920. The summed E-state index contributed by atoms with van der Waals surface area (Å²) >= 11 is 0. The van der Waals surface area contributed by atoms with Crippen molar-refractivity contribution in [2.75, 3.05) is 53.4 Å². The summed E-state index contributed by atoms with van der Waals surface area (Å²) in [4.78, 5) is 4.97. The van der Waals surface area contributed by atoms with Crippen LogP contribution in [-0.2, 0) is 6.54 Å². The minimum Gasteiger partial charge on any atom is -0.497 e. The van der Waals surface area contributed by atoms with Gasteiger partial charge < -0.3 is 19.9 Å². The van der Waals surface area contributed by atoms with Crippen molar-refractivity contribution in [1.82, 2.24) is 15.1 Å². The lowest BCUT2D eigenvalue weighted by Crippen LogP contribution is -2.45. The summed E-state index contributed by atoms with van der Waals surface area (Å²) < 4.78 is 5.16. The Balaban J connectivity index is 1.55. The van der Waals surface area contributed by atoms with Gasteiger partial charge in [0.2, 0.25) is 0 Å². The van der Waals surface area contributed by atoms with Crippen molar-refractivity contribution >= 4 is 0 Å². The first-order chi connectivity index (χ1) is 9.78. The summed E-state index contributed by atoms with van der Waals surface area (Å²) in [5.41, 5.74) is 1.31. The van der Waals surface area contributed by atoms with E-state index in [9.17, 15) is 0 Å². The Morgan fingerprint density at radius 1 is 1.10 bits per heavy atom. The third kappa shape index (κ3) is 5.12. The summed E-state index contributed by atoms with van der Waals surface area (Å²) in [5, 5.41) is 3.51. The van der Waals surface area contributed by atoms with Gasteiger partial charge in [0, 0.05) is 32.7 Å². The summed E-state index contributed by atoms with van der Waals surface area (Å²) in [5.74, 6) is 0.920. The Labute approximate surface area is 122 Å². The van der Waals surface area contributed by atoms with Crippen molar-refractivity contribution in [1.29, 1.82) is 0 Å². The zero-order valence-electron chi connectivity index (χ0n) is 12.8. The molecule has 1 fully saturated rings. The van der Waals surface area contributed by atoms with Crippen molar-refractivity contribution in [3.63, 3.8) is 0 Å². The molecular formula is C16H27N3O. The van der Waals surface area contributed by atoms with Crippen molar-refractivity contribution in [3.8, 4) is 5.75 Å². The average Bonchev–Trinajstić information content (AvgIpc) is 2.49. The van der Waals surface area contributed by atoms with E-state index >= 15 is 0 Å². The van der Waals surface area contributed by atoms with Crippen LogP contribution in [0.3, 0.4) is 0 Å². The molecule has 1 aromatic rings. The van der Waals surface area contributed by atoms with Crippen molar-refractivity contribution in [2.45, 2.75) is 13.0 Å². The second-order valence-electron chi connectivity index (χ2n) is 5.52. The van der Waals surface area contributed by atoms with Gasteiger partial charge in [-0.15, -0.1) is 0 Å². The Hall–Kier alpha value is -1.10. The van der Waals surface area contributed by atoms with E-state index in [1.54, 1.807) is 7.11 Å². The quantitative estimate of drug-likeness (QED) is 0.763. The first-order valence-corrected chi connectivity index (χ1v) is 7.52. The number of nitrogens with zero attached hydrogens (tertiary/aromatic N) is 2. The molecule has 0 bridgehead atoms. The maximum atomic E-state index is 5.16. The number of rotatable bonds is 7. The smallest absolute Gasteiger partial charge is 0.118 e. The summed E-state index contributed by atoms with van der Waals surface area (Å²) in [6, 6.07) is 8.26. The molecule has 0 unspecified atom stereocenters. The van der Waals surface area contributed by atoms with E-state index in [1.165, 1.54) is 44.7 Å². The van der Waals surface area contributed by atoms with Gasteiger partial charge in [0.25, 0.3) is 0 Å². The van der Waals surface area contributed by atoms with Crippen LogP contribution in [0.5, 0.6) is 5.75 Å². The molecule has 1 aliphatic rings. The van der Waals surface area contributed by atoms with E-state index in [0.717, 1.165) is 18.8 Å². The number of hydrogen-bond donors (Lipinski definition) is 1. The van der Waals surface area contributed by atoms with Gasteiger partial charge in [0.05, 0.1) is 7.11 Å². The molecule has 0 aliphatic carbocycles. The highest BCUT2D eigenvalue weighted by Gasteiger charge is 2.12. The standard InChI is InChI=1S/C16H27N3O/c1-18-10-12-19(13-11-18)9-3-8-17-14-15-4-6-16(20-2)7-5-15/h4-7,17H,3,8-14H2,1-2H3. The highest BCUT2D eigenvalue weighted by Crippen LogP contribution is 2.10. The fraction of sp³-hybridized carbons (Fsp3) is 0.625. The maximum absolute atomic E-state index is 5.16. The lowest BCUT2D eigenvalue weighted by atomic mass is 10.2. The van der Waals surface area contributed by atoms with Crippen LogP contribution in [0.15, 0.2) is 24.3 Å². The zero-order valence-corrected chi connectivity index (χ0v) is 12.8. The molecule has 0 atom stereocenters. The third-order valence-electron chi connectivity index (χ3n) is 3.91. The highest BCUT2D eigenvalue weighted by molar-refractivity contribution is 5.26. The number of ether oxygens (including phenoxy) is 1. The normalized spacial score (nSPS) is 17.3. The molecule has 0 spiro atoms. The monoisotopic (exact) mass is 277 g/mol. The van der Waals surface area contributed by atoms with Crippen LogP contribution in [0, 0.1) is 0 Å². The molecule has 4 heteroatoms. The number of methoxy groups -OCH3 is 1. The fourth-order valence-electron chi connectivity index (χ4n) is 2.48. The maximum Gasteiger partial charge on any atom is 0.118 e. The van der Waals surface area contributed by atoms with Gasteiger partial charge in [-0.2, -0.15) is 0 Å². The summed E-state index contributed by atoms with van der Waals surface area (Å²) in [7, 11) is 3.90. The number of benzene rings is 1. The lowest BCUT2D eigenvalue weighted by Gasteiger charge is -2.32. The topological polar surface area (TPSA) is 27.7 Å². The molecule has 2 rings (SSSR count). The highest BCUT2D eigenvalue weighted by atomic mass is 16.5. The second-order valence-corrected chi connectivity index (χ2v) is 5.52. The Kier molecular flexibility index (Phi) is 6.30. The van der Waals surface area contributed by atoms with Crippen LogP contribution < -0.4 is 10.1 Å². The van der Waals surface area contributed by atoms with Crippen LogP contribution in [0.1, 0.15) is 12.0 Å². The largest absolute Gasteiger partial charge is 0.497 e. The molecular weight excluding hydrogens is 250 g/mol. The van der Waals surface area contributed by atoms with Gasteiger partial charge in [-0.05, 0) is 44.3 Å². The summed E-state index contributed by atoms with van der Waals surface area (Å²) in [6.07, 6.45) is 1.22. The molecule has 0 saturated carbocycles. The lowest BCUT2D eigenvalue weighted by molar-refractivity contribution is 0.153. The number of piperazine rings is 1. The molecule has 1 heterocycles. The van der Waals surface area contributed by atoms with Crippen LogP contribution >= 0.6 is 0 Å².